The first-order valence-corrected chi connectivity index (χ1v) is 11.6. The molecular weight excluding hydrogens is 486 g/mol. The number of halogens is 4. The predicted molar refractivity (Wildman–Crippen MR) is 121 cm³/mol. The molecule has 10 nitrogen and oxygen atoms in total. The molecule has 1 aliphatic carbocycles. The number of hydrogen-bond donors (Lipinski definition) is 2. The van der Waals surface area contributed by atoms with Crippen LogP contribution in [0.15, 0.2) is 23.4 Å². The number of anilines is 2. The summed E-state index contributed by atoms with van der Waals surface area (Å²) in [5.41, 5.74) is -3.90. The minimum atomic E-state index is -4.83. The molecule has 0 bridgehead atoms. The van der Waals surface area contributed by atoms with Crippen molar-refractivity contribution in [3.63, 3.8) is 0 Å². The van der Waals surface area contributed by atoms with Crippen molar-refractivity contribution in [2.24, 2.45) is 0 Å². The number of aromatic nitrogens is 4. The molecule has 1 atom stereocenters. The van der Waals surface area contributed by atoms with Gasteiger partial charge in [-0.25, -0.2) is 19.5 Å². The van der Waals surface area contributed by atoms with Gasteiger partial charge in [0.2, 0.25) is 11.9 Å². The number of rotatable bonds is 9. The molecule has 14 heteroatoms. The fourth-order valence-electron chi connectivity index (χ4n) is 3.94. The van der Waals surface area contributed by atoms with Gasteiger partial charge in [-0.15, -0.1) is 0 Å². The lowest BCUT2D eigenvalue weighted by atomic mass is 10.2. The number of amides is 1. The van der Waals surface area contributed by atoms with Crippen LogP contribution in [0.3, 0.4) is 0 Å². The van der Waals surface area contributed by atoms with E-state index in [1.54, 1.807) is 16.9 Å². The zero-order valence-corrected chi connectivity index (χ0v) is 19.6. The molecule has 196 valence electrons. The number of carbonyl (C=O) groups excluding carboxylic acids is 1. The van der Waals surface area contributed by atoms with Gasteiger partial charge in [0.05, 0.1) is 31.5 Å². The predicted octanol–water partition coefficient (Wildman–Crippen LogP) is 2.09. The van der Waals surface area contributed by atoms with Crippen molar-refractivity contribution in [2.45, 2.75) is 44.1 Å². The Hall–Kier alpha value is -3.29. The Morgan fingerprint density at radius 1 is 1.19 bits per heavy atom. The van der Waals surface area contributed by atoms with Gasteiger partial charge in [-0.1, -0.05) is 0 Å². The standard InChI is InChI=1S/C22H27F4N7O3/c1-14(30-16-12-29-31-19(35)18(16)22(24,25)26)13-36-9-2-17(34)32-5-7-33(8-6-32)20-27-10-15(11-28-20)21(23)3-4-21/h10-12,14H,2-9,13H2,1H3,(H2,30,31,35). The minimum absolute atomic E-state index is 0.0264. The molecule has 0 radical (unpaired) electrons. The molecule has 1 unspecified atom stereocenters. The molecule has 1 saturated carbocycles. The van der Waals surface area contributed by atoms with Gasteiger partial charge in [-0.3, -0.25) is 9.59 Å². The molecule has 0 aromatic carbocycles. The highest BCUT2D eigenvalue weighted by Gasteiger charge is 2.45. The summed E-state index contributed by atoms with van der Waals surface area (Å²) >= 11 is 0. The molecule has 0 spiro atoms. The van der Waals surface area contributed by atoms with Crippen molar-refractivity contribution in [2.75, 3.05) is 49.6 Å². The van der Waals surface area contributed by atoms with Gasteiger partial charge >= 0.3 is 6.18 Å². The summed E-state index contributed by atoms with van der Waals surface area (Å²) < 4.78 is 58.9. The first-order chi connectivity index (χ1) is 17.1. The van der Waals surface area contributed by atoms with Crippen molar-refractivity contribution >= 4 is 17.5 Å². The van der Waals surface area contributed by atoms with Gasteiger partial charge in [-0.05, 0) is 19.8 Å². The van der Waals surface area contributed by atoms with E-state index in [0.29, 0.717) is 50.5 Å². The summed E-state index contributed by atoms with van der Waals surface area (Å²) in [5.74, 6) is 0.405. The summed E-state index contributed by atoms with van der Waals surface area (Å²) in [6.07, 6.45) is 0.233. The highest BCUT2D eigenvalue weighted by molar-refractivity contribution is 5.76. The third kappa shape index (κ3) is 6.09. The van der Waals surface area contributed by atoms with E-state index in [0.717, 1.165) is 6.20 Å². The van der Waals surface area contributed by atoms with E-state index in [1.165, 1.54) is 12.4 Å². The SMILES string of the molecule is CC(COCCC(=O)N1CCN(c2ncc(C3(F)CC3)cn2)CC1)Nc1cn[nH]c(=O)c1C(F)(F)F. The molecule has 2 aliphatic rings. The van der Waals surface area contributed by atoms with E-state index in [1.807, 2.05) is 4.90 Å². The van der Waals surface area contributed by atoms with Crippen molar-refractivity contribution in [3.8, 4) is 0 Å². The second-order valence-electron chi connectivity index (χ2n) is 8.96. The third-order valence-corrected chi connectivity index (χ3v) is 6.13. The summed E-state index contributed by atoms with van der Waals surface area (Å²) in [6, 6.07) is -0.563. The smallest absolute Gasteiger partial charge is 0.379 e. The maximum Gasteiger partial charge on any atom is 0.423 e. The normalized spacial score (nSPS) is 18.1. The summed E-state index contributed by atoms with van der Waals surface area (Å²) in [7, 11) is 0. The molecule has 4 rings (SSSR count). The third-order valence-electron chi connectivity index (χ3n) is 6.13. The van der Waals surface area contributed by atoms with Gasteiger partial charge < -0.3 is 19.9 Å². The van der Waals surface area contributed by atoms with Crippen LogP contribution in [-0.4, -0.2) is 76.4 Å². The van der Waals surface area contributed by atoms with Crippen LogP contribution < -0.4 is 15.8 Å². The lowest BCUT2D eigenvalue weighted by Gasteiger charge is -2.34. The molecular formula is C22H27F4N7O3. The fourth-order valence-corrected chi connectivity index (χ4v) is 3.94. The second kappa shape index (κ2) is 10.4. The molecule has 1 aliphatic heterocycles. The minimum Gasteiger partial charge on any atom is -0.379 e. The van der Waals surface area contributed by atoms with Crippen LogP contribution in [0.4, 0.5) is 29.2 Å². The summed E-state index contributed by atoms with van der Waals surface area (Å²) in [6.45, 7) is 3.75. The number of piperazine rings is 1. The second-order valence-corrected chi connectivity index (χ2v) is 8.96. The number of aromatic amines is 1. The quantitative estimate of drug-likeness (QED) is 0.387. The molecule has 3 heterocycles. The average molecular weight is 513 g/mol. The Morgan fingerprint density at radius 2 is 1.86 bits per heavy atom. The number of H-pyrrole nitrogens is 1. The van der Waals surface area contributed by atoms with Gasteiger partial charge in [0.1, 0.15) is 11.2 Å². The van der Waals surface area contributed by atoms with Crippen LogP contribution in [0.2, 0.25) is 0 Å². The van der Waals surface area contributed by atoms with Crippen molar-refractivity contribution in [3.05, 3.63) is 40.1 Å². The molecule has 1 saturated heterocycles. The highest BCUT2D eigenvalue weighted by atomic mass is 19.4. The van der Waals surface area contributed by atoms with E-state index in [4.69, 9.17) is 4.74 Å². The lowest BCUT2D eigenvalue weighted by molar-refractivity contribution is -0.138. The van der Waals surface area contributed by atoms with Crippen LogP contribution in [0.1, 0.15) is 37.3 Å². The molecule has 1 amide bonds. The first kappa shape index (κ1) is 25.8. The zero-order valence-electron chi connectivity index (χ0n) is 19.6. The molecule has 36 heavy (non-hydrogen) atoms. The van der Waals surface area contributed by atoms with Crippen molar-refractivity contribution in [1.82, 2.24) is 25.1 Å². The van der Waals surface area contributed by atoms with Crippen molar-refractivity contribution < 1.29 is 27.1 Å². The Kier molecular flexibility index (Phi) is 7.43. The van der Waals surface area contributed by atoms with Crippen LogP contribution >= 0.6 is 0 Å². The van der Waals surface area contributed by atoms with Crippen LogP contribution in [-0.2, 0) is 21.4 Å². The Labute approximate surface area is 204 Å². The topological polar surface area (TPSA) is 116 Å². The highest BCUT2D eigenvalue weighted by Crippen LogP contribution is 2.49. The average Bonchev–Trinajstić information content (AvgIpc) is 3.59. The number of carbonyl (C=O) groups is 1. The van der Waals surface area contributed by atoms with E-state index < -0.39 is 34.7 Å². The molecule has 2 aromatic heterocycles. The fraction of sp³-hybridized carbons (Fsp3) is 0.591. The van der Waals surface area contributed by atoms with E-state index in [-0.39, 0.29) is 25.5 Å². The van der Waals surface area contributed by atoms with E-state index in [2.05, 4.69) is 20.4 Å². The number of nitrogens with zero attached hydrogens (tertiary/aromatic N) is 5. The van der Waals surface area contributed by atoms with Gasteiger partial charge in [-0.2, -0.15) is 18.3 Å². The zero-order chi connectivity index (χ0) is 25.9. The number of ether oxygens (including phenoxy) is 1. The summed E-state index contributed by atoms with van der Waals surface area (Å²) in [5, 5.41) is 7.77. The first-order valence-electron chi connectivity index (χ1n) is 11.6. The number of nitrogens with one attached hydrogen (secondary N) is 2. The van der Waals surface area contributed by atoms with E-state index in [9.17, 15) is 27.2 Å². The molecule has 2 N–H and O–H groups in total. The Bertz CT molecular complexity index is 1110. The van der Waals surface area contributed by atoms with E-state index >= 15 is 0 Å². The van der Waals surface area contributed by atoms with Crippen LogP contribution in [0.5, 0.6) is 0 Å². The van der Waals surface area contributed by atoms with Gasteiger partial charge in [0.15, 0.2) is 0 Å². The van der Waals surface area contributed by atoms with Crippen LogP contribution in [0.25, 0.3) is 0 Å². The van der Waals surface area contributed by atoms with Gasteiger partial charge in [0, 0.05) is 50.2 Å². The van der Waals surface area contributed by atoms with Gasteiger partial charge in [0.25, 0.3) is 5.56 Å². The van der Waals surface area contributed by atoms with Crippen LogP contribution in [0, 0.1) is 0 Å². The maximum atomic E-state index is 14.1. The number of alkyl halides is 4. The largest absolute Gasteiger partial charge is 0.423 e. The maximum absolute atomic E-state index is 14.1. The van der Waals surface area contributed by atoms with Crippen molar-refractivity contribution in [1.29, 1.82) is 0 Å². The number of hydrogen-bond acceptors (Lipinski definition) is 8. The monoisotopic (exact) mass is 513 g/mol. The Balaban J connectivity index is 1.17. The molecule has 2 fully saturated rings. The lowest BCUT2D eigenvalue weighted by Crippen LogP contribution is -2.49. The molecule has 2 aromatic rings. The summed E-state index contributed by atoms with van der Waals surface area (Å²) in [4.78, 5) is 36.2. The Morgan fingerprint density at radius 3 is 2.47 bits per heavy atom.